The largest absolute Gasteiger partial charge is 0.466 e. The van der Waals surface area contributed by atoms with Crippen molar-refractivity contribution < 1.29 is 93.0 Å². The van der Waals surface area contributed by atoms with Gasteiger partial charge < -0.3 is 4.89 Å². The molecule has 0 aromatic heterocycles. The van der Waals surface area contributed by atoms with Crippen LogP contribution >= 0.6 is 7.60 Å². The molecule has 22 heteroatoms. The highest BCUT2D eigenvalue weighted by Crippen LogP contribution is 2.69. The van der Waals surface area contributed by atoms with Crippen molar-refractivity contribution in [3.8, 4) is 0 Å². The van der Waals surface area contributed by atoms with Crippen LogP contribution in [0.25, 0.3) is 0 Å². The maximum Gasteiger partial charge on any atom is 0.466 e. The van der Waals surface area contributed by atoms with Gasteiger partial charge in [-0.05, 0) is 0 Å². The van der Waals surface area contributed by atoms with E-state index < -0.39 is 55.4 Å². The second-order valence-corrected chi connectivity index (χ2v) is 6.75. The quantitative estimate of drug-likeness (QED) is 0.331. The summed E-state index contributed by atoms with van der Waals surface area (Å²) >= 11 is 0. The molecule has 0 aliphatic rings. The van der Waals surface area contributed by atoms with E-state index in [-0.39, 0.29) is 0 Å². The predicted molar refractivity (Wildman–Crippen MR) is 52.7 cm³/mol. The lowest BCUT2D eigenvalue weighted by Gasteiger charge is -2.39. The van der Waals surface area contributed by atoms with Gasteiger partial charge in [-0.15, -0.1) is 0 Å². The van der Waals surface area contributed by atoms with E-state index >= 15 is 0 Å². The molecule has 182 valence electrons. The van der Waals surface area contributed by atoms with E-state index in [0.29, 0.717) is 0 Å². The molecule has 3 nitrogen and oxygen atoms in total. The fourth-order valence-corrected chi connectivity index (χ4v) is 2.05. The average molecular weight is 518 g/mol. The Kier molecular flexibility index (Phi) is 6.69. The summed E-state index contributed by atoms with van der Waals surface area (Å²) in [5, 5.41) is 0. The first kappa shape index (κ1) is 28.9. The second kappa shape index (κ2) is 6.94. The smallest absolute Gasteiger partial charge is 0.320 e. The molecule has 0 saturated carbocycles. The average Bonchev–Trinajstić information content (AvgIpc) is 2.42. The first-order valence-electron chi connectivity index (χ1n) is 5.89. The van der Waals surface area contributed by atoms with Gasteiger partial charge in [0.05, 0.1) is 0 Å². The number of alkyl halides is 18. The summed E-state index contributed by atoms with van der Waals surface area (Å²) in [6.07, 6.45) is -23.3. The van der Waals surface area contributed by atoms with Crippen molar-refractivity contribution in [3.63, 3.8) is 0 Å². The Balaban J connectivity index is 6.50. The van der Waals surface area contributed by atoms with Crippen LogP contribution in [0.1, 0.15) is 0 Å². The summed E-state index contributed by atoms with van der Waals surface area (Å²) < 4.78 is 236. The topological polar surface area (TPSA) is 46.5 Å². The number of hydrogen-bond donors (Lipinski definition) is 1. The molecule has 0 aromatic rings. The summed E-state index contributed by atoms with van der Waals surface area (Å²) in [7, 11) is -8.61. The minimum atomic E-state index is -8.63. The Bertz CT molecular complexity index is 689. The number of rotatable bonds is 7. The molecular weight excluding hydrogens is 517 g/mol. The van der Waals surface area contributed by atoms with Crippen LogP contribution in [0.15, 0.2) is 0 Å². The fraction of sp³-hybridized carbons (Fsp3) is 1.00. The van der Waals surface area contributed by atoms with E-state index in [9.17, 15) is 83.6 Å². The first-order chi connectivity index (χ1) is 12.5. The highest BCUT2D eigenvalue weighted by Gasteiger charge is 2.92. The summed E-state index contributed by atoms with van der Waals surface area (Å²) in [5.74, 6) is -33.9. The highest BCUT2D eigenvalue weighted by atomic mass is 31.2. The molecule has 0 spiro atoms. The molecule has 0 heterocycles. The first-order valence-corrected chi connectivity index (χ1v) is 7.47. The molecule has 1 unspecified atom stereocenters. The molecule has 30 heavy (non-hydrogen) atoms. The van der Waals surface area contributed by atoms with Crippen LogP contribution in [-0.2, 0) is 9.09 Å². The van der Waals surface area contributed by atoms with Crippen LogP contribution in [0.4, 0.5) is 79.0 Å². The molecule has 0 aromatic carbocycles. The molecule has 0 amide bonds. The zero-order valence-corrected chi connectivity index (χ0v) is 13.4. The van der Waals surface area contributed by atoms with Gasteiger partial charge in [-0.2, -0.15) is 79.0 Å². The van der Waals surface area contributed by atoms with Crippen molar-refractivity contribution in [3.05, 3.63) is 0 Å². The van der Waals surface area contributed by atoms with Crippen LogP contribution < -0.4 is 0 Å². The molecule has 0 rings (SSSR count). The zero-order valence-electron chi connectivity index (χ0n) is 12.5. The van der Waals surface area contributed by atoms with Gasteiger partial charge in [0.15, 0.2) is 0 Å². The van der Waals surface area contributed by atoms with Crippen molar-refractivity contribution in [2.75, 3.05) is 0 Å². The lowest BCUT2D eigenvalue weighted by atomic mass is 9.97. The lowest BCUT2D eigenvalue weighted by molar-refractivity contribution is -0.458. The van der Waals surface area contributed by atoms with Gasteiger partial charge in [-0.25, -0.2) is 4.52 Å². The van der Waals surface area contributed by atoms with Crippen LogP contribution in [-0.4, -0.2) is 52.7 Å². The van der Waals surface area contributed by atoms with E-state index in [2.05, 4.69) is 0 Å². The van der Waals surface area contributed by atoms with Crippen molar-refractivity contribution in [1.29, 1.82) is 0 Å². The summed E-state index contributed by atoms with van der Waals surface area (Å²) in [5.41, 5.74) is -7.45. The maximum absolute atomic E-state index is 13.0. The van der Waals surface area contributed by atoms with Crippen LogP contribution in [0.3, 0.4) is 0 Å². The van der Waals surface area contributed by atoms with Crippen molar-refractivity contribution >= 4 is 7.60 Å². The summed E-state index contributed by atoms with van der Waals surface area (Å²) in [4.78, 5) is 8.12. The van der Waals surface area contributed by atoms with Crippen molar-refractivity contribution in [2.45, 2.75) is 47.8 Å². The Morgan fingerprint density at radius 3 is 1.07 bits per heavy atom. The lowest BCUT2D eigenvalue weighted by Crippen LogP contribution is -2.70. The SMILES string of the molecule is O=P(O)(OC(F)(F)C(F)(F)C(F)(F)C(F)(F)C(F)(F)C(F)(F)F)C(F)(F)C(F)(F)F. The molecule has 0 aliphatic heterocycles. The molecule has 0 bridgehead atoms. The van der Waals surface area contributed by atoms with Gasteiger partial charge in [-0.1, -0.05) is 0 Å². The van der Waals surface area contributed by atoms with Crippen molar-refractivity contribution in [1.82, 2.24) is 0 Å². The predicted octanol–water partition coefficient (Wildman–Crippen LogP) is 6.04. The third-order valence-corrected chi connectivity index (χ3v) is 4.28. The van der Waals surface area contributed by atoms with Gasteiger partial charge in [0.25, 0.3) is 0 Å². The Morgan fingerprint density at radius 1 is 0.500 bits per heavy atom. The third-order valence-electron chi connectivity index (χ3n) is 2.84. The van der Waals surface area contributed by atoms with Crippen molar-refractivity contribution in [2.24, 2.45) is 0 Å². The Labute approximate surface area is 150 Å². The summed E-state index contributed by atoms with van der Waals surface area (Å²) in [6.45, 7) is 0. The molecule has 1 N–H and O–H groups in total. The molecule has 0 aliphatic carbocycles. The summed E-state index contributed by atoms with van der Waals surface area (Å²) in [6, 6.07) is 0. The Morgan fingerprint density at radius 2 is 0.800 bits per heavy atom. The molecule has 0 saturated heterocycles. The van der Waals surface area contributed by atoms with Gasteiger partial charge in [-0.3, -0.25) is 4.57 Å². The van der Waals surface area contributed by atoms with Crippen LogP contribution in [0, 0.1) is 0 Å². The van der Waals surface area contributed by atoms with E-state index in [1.807, 2.05) is 0 Å². The van der Waals surface area contributed by atoms with E-state index in [4.69, 9.17) is 4.89 Å². The number of halogens is 18. The molecule has 1 atom stereocenters. The van der Waals surface area contributed by atoms with Gasteiger partial charge in [0.2, 0.25) is 0 Å². The Hall–Kier alpha value is -1.11. The van der Waals surface area contributed by atoms with E-state index in [1.165, 1.54) is 4.52 Å². The van der Waals surface area contributed by atoms with E-state index in [1.54, 1.807) is 0 Å². The third kappa shape index (κ3) is 3.91. The second-order valence-electron chi connectivity index (χ2n) is 4.96. The number of hydrogen-bond acceptors (Lipinski definition) is 2. The van der Waals surface area contributed by atoms with Gasteiger partial charge in [0, 0.05) is 0 Å². The normalized spacial score (nSPS) is 18.4. The van der Waals surface area contributed by atoms with Crippen LogP contribution in [0.5, 0.6) is 0 Å². The minimum Gasteiger partial charge on any atom is -0.320 e. The molecular formula is C8HF18O3P. The monoisotopic (exact) mass is 518 g/mol. The molecule has 0 radical (unpaired) electrons. The van der Waals surface area contributed by atoms with Crippen LogP contribution in [0.2, 0.25) is 0 Å². The maximum atomic E-state index is 13.0. The van der Waals surface area contributed by atoms with E-state index in [0.717, 1.165) is 0 Å². The van der Waals surface area contributed by atoms with Gasteiger partial charge in [0.1, 0.15) is 0 Å². The zero-order chi connectivity index (χ0) is 25.2. The fourth-order valence-electron chi connectivity index (χ4n) is 1.19. The van der Waals surface area contributed by atoms with Gasteiger partial charge >= 0.3 is 55.4 Å². The highest BCUT2D eigenvalue weighted by molar-refractivity contribution is 7.54. The standard InChI is InChI=1S/C8HF18O3P/c9-1(10,3(13,14)5(17,18)19)2(11,12)4(15,16)7(23,24)29-30(27,28)8(25,26)6(20,21)22/h(H,27,28). The minimum absolute atomic E-state index is 1.38. The molecule has 0 fully saturated rings.